The molecule has 0 spiro atoms. The third-order valence-corrected chi connectivity index (χ3v) is 6.19. The maximum Gasteiger partial charge on any atom is 0.216 e. The van der Waals surface area contributed by atoms with E-state index in [1.165, 1.54) is 6.92 Å². The second-order valence-corrected chi connectivity index (χ2v) is 9.51. The lowest BCUT2D eigenvalue weighted by molar-refractivity contribution is -0.119. The lowest BCUT2D eigenvalue weighted by atomic mass is 9.78. The smallest absolute Gasteiger partial charge is 0.216 e. The van der Waals surface area contributed by atoms with Gasteiger partial charge in [-0.05, 0) is 35.4 Å². The molecule has 0 aromatic heterocycles. The average molecular weight is 503 g/mol. The second-order valence-electron chi connectivity index (χ2n) is 8.39. The number of nitrogens with one attached hydrogen (secondary N) is 1. The van der Waals surface area contributed by atoms with Crippen LogP contribution in [0.25, 0.3) is 0 Å². The minimum atomic E-state index is -0.785. The minimum Gasteiger partial charge on any atom is -0.491 e. The van der Waals surface area contributed by atoms with Crippen molar-refractivity contribution in [3.8, 4) is 11.5 Å². The molecule has 0 heterocycles. The first kappa shape index (κ1) is 26.6. The Morgan fingerprint density at radius 2 is 1.66 bits per heavy atom. The Bertz CT molecular complexity index is 880. The lowest BCUT2D eigenvalue weighted by Gasteiger charge is -2.27. The van der Waals surface area contributed by atoms with Gasteiger partial charge in [0.25, 0.3) is 0 Å². The number of hydrogen-bond acceptors (Lipinski definition) is 4. The van der Waals surface area contributed by atoms with Crippen LogP contribution in [0, 0.1) is 5.92 Å². The van der Waals surface area contributed by atoms with Crippen LogP contribution >= 0.6 is 34.8 Å². The summed E-state index contributed by atoms with van der Waals surface area (Å²) >= 11 is 18.8. The largest absolute Gasteiger partial charge is 0.491 e. The highest BCUT2D eigenvalue weighted by atomic mass is 35.5. The predicted molar refractivity (Wildman–Crippen MR) is 131 cm³/mol. The van der Waals surface area contributed by atoms with Crippen molar-refractivity contribution in [3.63, 3.8) is 0 Å². The molecule has 0 fully saturated rings. The Balaban J connectivity index is 2.10. The van der Waals surface area contributed by atoms with E-state index < -0.39 is 6.10 Å². The quantitative estimate of drug-likeness (QED) is 0.401. The van der Waals surface area contributed by atoms with Crippen LogP contribution in [-0.2, 0) is 10.2 Å². The summed E-state index contributed by atoms with van der Waals surface area (Å²) in [7, 11) is 0. The molecule has 2 N–H and O–H groups in total. The fourth-order valence-corrected chi connectivity index (χ4v) is 3.66. The summed E-state index contributed by atoms with van der Waals surface area (Å²) in [5.74, 6) is 1.58. The van der Waals surface area contributed by atoms with Crippen LogP contribution in [0.3, 0.4) is 0 Å². The van der Waals surface area contributed by atoms with Crippen molar-refractivity contribution in [2.45, 2.75) is 39.2 Å². The lowest BCUT2D eigenvalue weighted by Crippen LogP contribution is -2.33. The van der Waals surface area contributed by atoms with Crippen LogP contribution < -0.4 is 14.8 Å². The van der Waals surface area contributed by atoms with Gasteiger partial charge in [0.1, 0.15) is 18.5 Å². The third-order valence-electron chi connectivity index (χ3n) is 5.10. The van der Waals surface area contributed by atoms with E-state index in [4.69, 9.17) is 44.3 Å². The summed E-state index contributed by atoms with van der Waals surface area (Å²) in [6.45, 7) is 8.22. The monoisotopic (exact) mass is 501 g/mol. The van der Waals surface area contributed by atoms with E-state index in [0.717, 1.165) is 11.1 Å². The zero-order chi connectivity index (χ0) is 23.9. The summed E-state index contributed by atoms with van der Waals surface area (Å²) in [4.78, 5) is 10.9. The zero-order valence-corrected chi connectivity index (χ0v) is 21.0. The number of ether oxygens (including phenoxy) is 2. The molecular weight excluding hydrogens is 473 g/mol. The molecule has 0 aliphatic carbocycles. The van der Waals surface area contributed by atoms with Gasteiger partial charge in [0.15, 0.2) is 5.75 Å². The molecule has 0 aliphatic heterocycles. The number of rotatable bonds is 11. The molecule has 32 heavy (non-hydrogen) atoms. The van der Waals surface area contributed by atoms with Gasteiger partial charge in [0.05, 0.1) is 16.7 Å². The number of benzene rings is 2. The Morgan fingerprint density at radius 3 is 2.19 bits per heavy atom. The van der Waals surface area contributed by atoms with Crippen molar-refractivity contribution in [2.75, 3.05) is 25.6 Å². The van der Waals surface area contributed by atoms with Crippen LogP contribution in [0.15, 0.2) is 36.4 Å². The molecule has 2 rings (SSSR count). The van der Waals surface area contributed by atoms with Crippen molar-refractivity contribution < 1.29 is 19.4 Å². The highest BCUT2D eigenvalue weighted by molar-refractivity contribution is 6.37. The first-order valence-corrected chi connectivity index (χ1v) is 11.7. The Kier molecular flexibility index (Phi) is 9.96. The number of carbonyl (C=O) groups is 1. The molecule has 176 valence electrons. The first-order valence-electron chi connectivity index (χ1n) is 10.4. The SMILES string of the molecule is CC(=O)NC[C@H](O)COc1ccc(C(C)(C)c2cc(Cl)c(OC[C@H](C)CCl)c(Cl)c2)cc1. The second kappa shape index (κ2) is 12.0. The van der Waals surface area contributed by atoms with Crippen LogP contribution in [0.4, 0.5) is 0 Å². The molecule has 5 nitrogen and oxygen atoms in total. The number of amides is 1. The van der Waals surface area contributed by atoms with E-state index in [1.807, 2.05) is 43.3 Å². The van der Waals surface area contributed by atoms with Gasteiger partial charge < -0.3 is 19.9 Å². The van der Waals surface area contributed by atoms with Crippen LogP contribution in [-0.4, -0.2) is 42.8 Å². The third kappa shape index (κ3) is 7.45. The molecule has 0 radical (unpaired) electrons. The van der Waals surface area contributed by atoms with Crippen molar-refractivity contribution in [3.05, 3.63) is 57.6 Å². The van der Waals surface area contributed by atoms with Gasteiger partial charge in [-0.15, -0.1) is 11.6 Å². The number of aliphatic hydroxyl groups excluding tert-OH is 1. The number of halogens is 3. The van der Waals surface area contributed by atoms with E-state index >= 15 is 0 Å². The first-order chi connectivity index (χ1) is 15.0. The molecule has 0 aliphatic rings. The van der Waals surface area contributed by atoms with Crippen LogP contribution in [0.2, 0.25) is 10.0 Å². The van der Waals surface area contributed by atoms with Gasteiger partial charge in [0.2, 0.25) is 5.91 Å². The average Bonchev–Trinajstić information content (AvgIpc) is 2.75. The molecule has 2 aromatic rings. The Labute approximate surface area is 205 Å². The Morgan fingerprint density at radius 1 is 1.06 bits per heavy atom. The summed E-state index contributed by atoms with van der Waals surface area (Å²) < 4.78 is 11.4. The molecule has 1 amide bonds. The zero-order valence-electron chi connectivity index (χ0n) is 18.8. The van der Waals surface area contributed by atoms with E-state index in [-0.39, 0.29) is 30.4 Å². The van der Waals surface area contributed by atoms with Gasteiger partial charge in [-0.1, -0.05) is 56.1 Å². The van der Waals surface area contributed by atoms with Crippen molar-refractivity contribution in [1.29, 1.82) is 0 Å². The highest BCUT2D eigenvalue weighted by Gasteiger charge is 2.26. The van der Waals surface area contributed by atoms with Crippen molar-refractivity contribution >= 4 is 40.7 Å². The maximum atomic E-state index is 10.9. The van der Waals surface area contributed by atoms with Crippen molar-refractivity contribution in [2.24, 2.45) is 5.92 Å². The van der Waals surface area contributed by atoms with Gasteiger partial charge in [-0.2, -0.15) is 0 Å². The van der Waals surface area contributed by atoms with E-state index in [0.29, 0.717) is 34.0 Å². The standard InChI is InChI=1S/C24H30Cl3NO4/c1-15(11-25)13-32-23-21(26)9-18(10-22(23)27)24(3,4)17-5-7-20(8-6-17)31-14-19(30)12-28-16(2)29/h5-10,15,19,30H,11-14H2,1-4H3,(H,28,29)/t15-,19+/m1/s1. The normalized spacial score (nSPS) is 13.4. The van der Waals surface area contributed by atoms with Gasteiger partial charge in [-0.3, -0.25) is 4.79 Å². The summed E-state index contributed by atoms with van der Waals surface area (Å²) in [5, 5.41) is 13.3. The molecule has 0 bridgehead atoms. The van der Waals surface area contributed by atoms with E-state index in [1.54, 1.807) is 0 Å². The van der Waals surface area contributed by atoms with Crippen LogP contribution in [0.5, 0.6) is 11.5 Å². The highest BCUT2D eigenvalue weighted by Crippen LogP contribution is 2.40. The number of alkyl halides is 1. The number of carbonyl (C=O) groups excluding carboxylic acids is 1. The topological polar surface area (TPSA) is 67.8 Å². The number of hydrogen-bond donors (Lipinski definition) is 2. The summed E-state index contributed by atoms with van der Waals surface area (Å²) in [5.41, 5.74) is 1.61. The molecule has 8 heteroatoms. The molecule has 0 saturated heterocycles. The van der Waals surface area contributed by atoms with Gasteiger partial charge >= 0.3 is 0 Å². The predicted octanol–water partition coefficient (Wildman–Crippen LogP) is 5.45. The molecule has 0 saturated carbocycles. The van der Waals surface area contributed by atoms with E-state index in [2.05, 4.69) is 19.2 Å². The number of aliphatic hydroxyl groups is 1. The molecule has 0 unspecified atom stereocenters. The molecule has 2 aromatic carbocycles. The van der Waals surface area contributed by atoms with E-state index in [9.17, 15) is 9.90 Å². The van der Waals surface area contributed by atoms with Gasteiger partial charge in [0, 0.05) is 30.7 Å². The summed E-state index contributed by atoms with van der Waals surface area (Å²) in [6, 6.07) is 11.4. The van der Waals surface area contributed by atoms with Crippen LogP contribution in [0.1, 0.15) is 38.8 Å². The van der Waals surface area contributed by atoms with Crippen molar-refractivity contribution in [1.82, 2.24) is 5.32 Å². The Hall–Kier alpha value is -1.66. The van der Waals surface area contributed by atoms with Gasteiger partial charge in [-0.25, -0.2) is 0 Å². The molecule has 2 atom stereocenters. The minimum absolute atomic E-state index is 0.0814. The summed E-state index contributed by atoms with van der Waals surface area (Å²) in [6.07, 6.45) is -0.785. The maximum absolute atomic E-state index is 10.9. The fraction of sp³-hybridized carbons (Fsp3) is 0.458. The fourth-order valence-electron chi connectivity index (χ4n) is 2.98. The molecular formula is C24H30Cl3NO4.